The molecule has 1 aromatic rings. The minimum absolute atomic E-state index is 0.312. The van der Waals surface area contributed by atoms with Gasteiger partial charge in [0.25, 0.3) is 10.2 Å². The Morgan fingerprint density at radius 3 is 2.75 bits per heavy atom. The Balaban J connectivity index is 2.39. The maximum atomic E-state index is 12.1. The van der Waals surface area contributed by atoms with E-state index in [1.54, 1.807) is 14.0 Å². The lowest BCUT2D eigenvalue weighted by Gasteiger charge is -2.19. The third-order valence-corrected chi connectivity index (χ3v) is 4.39. The van der Waals surface area contributed by atoms with E-state index in [1.165, 1.54) is 4.31 Å². The first kappa shape index (κ1) is 17.0. The van der Waals surface area contributed by atoms with Gasteiger partial charge in [-0.2, -0.15) is 22.7 Å². The third-order valence-electron chi connectivity index (χ3n) is 2.74. The quantitative estimate of drug-likeness (QED) is 0.498. The lowest BCUT2D eigenvalue weighted by atomic mass is 10.4. The van der Waals surface area contributed by atoms with Crippen LogP contribution >= 0.6 is 0 Å². The molecule has 0 saturated heterocycles. The van der Waals surface area contributed by atoms with E-state index in [0.717, 1.165) is 25.9 Å². The zero-order valence-corrected chi connectivity index (χ0v) is 12.9. The smallest absolute Gasteiger partial charge is 0.279 e. The molecule has 0 aliphatic heterocycles. The molecule has 20 heavy (non-hydrogen) atoms. The molecule has 0 bridgehead atoms. The van der Waals surface area contributed by atoms with Crippen molar-refractivity contribution in [2.24, 2.45) is 0 Å². The van der Waals surface area contributed by atoms with Gasteiger partial charge in [-0.3, -0.25) is 0 Å². The SMILES string of the molecule is CCCNCCCN(C)S(=O)(=O)NC(C)c1nn[nH]n1. The van der Waals surface area contributed by atoms with Crippen LogP contribution in [-0.2, 0) is 10.2 Å². The fraction of sp³-hybridized carbons (Fsp3) is 0.900. The van der Waals surface area contributed by atoms with Crippen molar-refractivity contribution in [2.75, 3.05) is 26.7 Å². The van der Waals surface area contributed by atoms with Crippen LogP contribution in [0.25, 0.3) is 0 Å². The number of hydrogen-bond donors (Lipinski definition) is 3. The lowest BCUT2D eigenvalue weighted by molar-refractivity contribution is 0.437. The standard InChI is InChI=1S/C10H23N7O2S/c1-4-6-11-7-5-8-17(3)20(18,19)14-9(2)10-12-15-16-13-10/h9,11,14H,4-8H2,1-3H3,(H,12,13,15,16). The lowest BCUT2D eigenvalue weighted by Crippen LogP contribution is -2.40. The van der Waals surface area contributed by atoms with Crippen LogP contribution in [0.2, 0.25) is 0 Å². The first-order valence-electron chi connectivity index (χ1n) is 6.65. The molecule has 0 radical (unpaired) electrons. The second kappa shape index (κ2) is 8.25. The highest BCUT2D eigenvalue weighted by Gasteiger charge is 2.22. The Labute approximate surface area is 119 Å². The zero-order valence-electron chi connectivity index (χ0n) is 12.1. The van der Waals surface area contributed by atoms with Gasteiger partial charge in [0.05, 0.1) is 6.04 Å². The molecule has 116 valence electrons. The maximum absolute atomic E-state index is 12.1. The maximum Gasteiger partial charge on any atom is 0.279 e. The largest absolute Gasteiger partial charge is 0.317 e. The molecule has 1 rings (SSSR count). The van der Waals surface area contributed by atoms with Crippen LogP contribution in [0.4, 0.5) is 0 Å². The first-order valence-corrected chi connectivity index (χ1v) is 8.09. The fourth-order valence-corrected chi connectivity index (χ4v) is 2.67. The molecule has 0 aliphatic carbocycles. The van der Waals surface area contributed by atoms with Crippen molar-refractivity contribution in [3.63, 3.8) is 0 Å². The van der Waals surface area contributed by atoms with Crippen LogP contribution in [0.15, 0.2) is 0 Å². The highest BCUT2D eigenvalue weighted by Crippen LogP contribution is 2.07. The van der Waals surface area contributed by atoms with E-state index < -0.39 is 16.3 Å². The number of aromatic amines is 1. The Morgan fingerprint density at radius 1 is 1.40 bits per heavy atom. The molecule has 1 heterocycles. The fourth-order valence-electron chi connectivity index (χ4n) is 1.57. The molecular formula is C10H23N7O2S. The molecule has 0 fully saturated rings. The summed E-state index contributed by atoms with van der Waals surface area (Å²) in [6.07, 6.45) is 1.83. The summed E-state index contributed by atoms with van der Waals surface area (Å²) in [5.74, 6) is 0.312. The van der Waals surface area contributed by atoms with Crippen LogP contribution < -0.4 is 10.0 Å². The predicted octanol–water partition coefficient (Wildman–Crippen LogP) is -0.583. The van der Waals surface area contributed by atoms with Gasteiger partial charge in [0.2, 0.25) is 0 Å². The van der Waals surface area contributed by atoms with E-state index in [1.807, 2.05) is 0 Å². The minimum atomic E-state index is -3.54. The van der Waals surface area contributed by atoms with Gasteiger partial charge >= 0.3 is 0 Å². The molecular weight excluding hydrogens is 282 g/mol. The summed E-state index contributed by atoms with van der Waals surface area (Å²) >= 11 is 0. The van der Waals surface area contributed by atoms with Gasteiger partial charge in [-0.25, -0.2) is 0 Å². The van der Waals surface area contributed by atoms with Gasteiger partial charge < -0.3 is 5.32 Å². The third kappa shape index (κ3) is 5.49. The summed E-state index contributed by atoms with van der Waals surface area (Å²) in [5, 5.41) is 16.4. The van der Waals surface area contributed by atoms with E-state index >= 15 is 0 Å². The molecule has 0 spiro atoms. The summed E-state index contributed by atoms with van der Waals surface area (Å²) in [6, 6.07) is -0.528. The number of H-pyrrole nitrogens is 1. The van der Waals surface area contributed by atoms with Gasteiger partial charge in [0, 0.05) is 13.6 Å². The van der Waals surface area contributed by atoms with Crippen molar-refractivity contribution in [3.8, 4) is 0 Å². The summed E-state index contributed by atoms with van der Waals surface area (Å²) < 4.78 is 27.9. The predicted molar refractivity (Wildman–Crippen MR) is 75.1 cm³/mol. The highest BCUT2D eigenvalue weighted by molar-refractivity contribution is 7.87. The van der Waals surface area contributed by atoms with Crippen molar-refractivity contribution in [2.45, 2.75) is 32.7 Å². The van der Waals surface area contributed by atoms with Gasteiger partial charge in [0.1, 0.15) is 0 Å². The molecule has 3 N–H and O–H groups in total. The average molecular weight is 305 g/mol. The molecule has 0 aromatic carbocycles. The van der Waals surface area contributed by atoms with Crippen LogP contribution in [0.3, 0.4) is 0 Å². The zero-order chi connectivity index (χ0) is 15.0. The van der Waals surface area contributed by atoms with Crippen LogP contribution in [0.5, 0.6) is 0 Å². The second-order valence-corrected chi connectivity index (χ2v) is 6.35. The molecule has 9 nitrogen and oxygen atoms in total. The molecule has 0 saturated carbocycles. The van der Waals surface area contributed by atoms with E-state index in [2.05, 4.69) is 37.6 Å². The second-order valence-electron chi connectivity index (χ2n) is 4.54. The summed E-state index contributed by atoms with van der Waals surface area (Å²) in [6.45, 7) is 5.95. The molecule has 1 aromatic heterocycles. The Hall–Kier alpha value is -1.10. The molecule has 1 atom stereocenters. The molecule has 0 amide bonds. The van der Waals surface area contributed by atoms with Crippen molar-refractivity contribution in [1.82, 2.24) is 35.0 Å². The molecule has 1 unspecified atom stereocenters. The highest BCUT2D eigenvalue weighted by atomic mass is 32.2. The van der Waals surface area contributed by atoms with Gasteiger partial charge in [-0.05, 0) is 32.9 Å². The topological polar surface area (TPSA) is 116 Å². The number of tetrazole rings is 1. The van der Waals surface area contributed by atoms with Gasteiger partial charge in [0.15, 0.2) is 5.82 Å². The van der Waals surface area contributed by atoms with Crippen molar-refractivity contribution in [1.29, 1.82) is 0 Å². The number of aromatic nitrogens is 4. The average Bonchev–Trinajstić information content (AvgIpc) is 2.91. The Kier molecular flexibility index (Phi) is 6.99. The number of nitrogens with zero attached hydrogens (tertiary/aromatic N) is 4. The number of rotatable bonds is 10. The van der Waals surface area contributed by atoms with Crippen molar-refractivity contribution < 1.29 is 8.42 Å². The minimum Gasteiger partial charge on any atom is -0.317 e. The number of hydrogen-bond acceptors (Lipinski definition) is 6. The summed E-state index contributed by atoms with van der Waals surface area (Å²) in [4.78, 5) is 0. The first-order chi connectivity index (χ1) is 9.47. The summed E-state index contributed by atoms with van der Waals surface area (Å²) in [7, 11) is -2.00. The van der Waals surface area contributed by atoms with Gasteiger partial charge in [-0.1, -0.05) is 12.1 Å². The van der Waals surface area contributed by atoms with Crippen LogP contribution in [-0.4, -0.2) is 60.0 Å². The Morgan fingerprint density at radius 2 is 2.15 bits per heavy atom. The number of nitrogens with one attached hydrogen (secondary N) is 3. The monoisotopic (exact) mass is 305 g/mol. The van der Waals surface area contributed by atoms with Crippen LogP contribution in [0, 0.1) is 0 Å². The van der Waals surface area contributed by atoms with E-state index in [-0.39, 0.29) is 0 Å². The van der Waals surface area contributed by atoms with E-state index in [9.17, 15) is 8.42 Å². The van der Waals surface area contributed by atoms with Crippen LogP contribution in [0.1, 0.15) is 38.6 Å². The molecule has 10 heteroatoms. The van der Waals surface area contributed by atoms with Gasteiger partial charge in [-0.15, -0.1) is 10.2 Å². The van der Waals surface area contributed by atoms with Crippen molar-refractivity contribution in [3.05, 3.63) is 5.82 Å². The van der Waals surface area contributed by atoms with E-state index in [0.29, 0.717) is 12.4 Å². The normalized spacial score (nSPS) is 13.8. The molecule has 0 aliphatic rings. The Bertz CT molecular complexity index is 462. The van der Waals surface area contributed by atoms with E-state index in [4.69, 9.17) is 0 Å². The van der Waals surface area contributed by atoms with Crippen molar-refractivity contribution >= 4 is 10.2 Å². The summed E-state index contributed by atoms with van der Waals surface area (Å²) in [5.41, 5.74) is 0.